The first-order valence-electron chi connectivity index (χ1n) is 9.01. The van der Waals surface area contributed by atoms with Crippen LogP contribution < -0.4 is 9.80 Å². The number of sulfonamides is 1. The van der Waals surface area contributed by atoms with Crippen LogP contribution in [0.2, 0.25) is 0 Å². The standard InChI is InChI=1S/C20H23N3O5S/c1-13-12-22(20(25)26)19-11-16(8-9-18(19)23(13)14(2)24)15-6-5-7-17(10-15)29(27,28)21(3)4/h5-11,13H,12H2,1-4H3,(H,25,26)/t13-/m0/s1. The molecule has 8 nitrogen and oxygen atoms in total. The van der Waals surface area contributed by atoms with Gasteiger partial charge in [0.1, 0.15) is 0 Å². The number of hydrogen-bond acceptors (Lipinski definition) is 4. The van der Waals surface area contributed by atoms with Gasteiger partial charge >= 0.3 is 6.09 Å². The molecule has 3 rings (SSSR count). The van der Waals surface area contributed by atoms with Crippen LogP contribution in [0.25, 0.3) is 11.1 Å². The Labute approximate surface area is 170 Å². The Hall–Kier alpha value is -2.91. The number of carboxylic acid groups (broad SMARTS) is 1. The van der Waals surface area contributed by atoms with Gasteiger partial charge in [0.25, 0.3) is 0 Å². The Balaban J connectivity index is 2.14. The minimum atomic E-state index is -3.60. The van der Waals surface area contributed by atoms with Crippen LogP contribution in [-0.2, 0) is 14.8 Å². The highest BCUT2D eigenvalue weighted by Crippen LogP contribution is 2.39. The number of carbonyl (C=O) groups is 2. The van der Waals surface area contributed by atoms with Crippen molar-refractivity contribution in [2.45, 2.75) is 24.8 Å². The van der Waals surface area contributed by atoms with E-state index in [2.05, 4.69) is 0 Å². The number of carbonyl (C=O) groups excluding carboxylic acids is 1. The van der Waals surface area contributed by atoms with E-state index >= 15 is 0 Å². The molecule has 2 aromatic rings. The molecule has 0 aliphatic carbocycles. The highest BCUT2D eigenvalue weighted by atomic mass is 32.2. The average molecular weight is 417 g/mol. The zero-order chi connectivity index (χ0) is 21.5. The number of fused-ring (bicyclic) bond motifs is 1. The van der Waals surface area contributed by atoms with Gasteiger partial charge in [0.15, 0.2) is 0 Å². The molecular weight excluding hydrogens is 394 g/mol. The van der Waals surface area contributed by atoms with Crippen molar-refractivity contribution in [2.75, 3.05) is 30.4 Å². The topological polar surface area (TPSA) is 98.2 Å². The molecule has 1 aliphatic rings. The minimum Gasteiger partial charge on any atom is -0.465 e. The van der Waals surface area contributed by atoms with Crippen LogP contribution in [-0.4, -0.2) is 56.5 Å². The zero-order valence-electron chi connectivity index (χ0n) is 16.7. The summed E-state index contributed by atoms with van der Waals surface area (Å²) in [5, 5.41) is 9.64. The van der Waals surface area contributed by atoms with Crippen molar-refractivity contribution in [3.8, 4) is 11.1 Å². The van der Waals surface area contributed by atoms with Gasteiger partial charge in [-0.05, 0) is 42.3 Å². The predicted molar refractivity (Wildman–Crippen MR) is 111 cm³/mol. The lowest BCUT2D eigenvalue weighted by atomic mass is 10.0. The summed E-state index contributed by atoms with van der Waals surface area (Å²) < 4.78 is 26.0. The monoisotopic (exact) mass is 417 g/mol. The van der Waals surface area contributed by atoms with Crippen molar-refractivity contribution in [1.82, 2.24) is 4.31 Å². The second-order valence-electron chi connectivity index (χ2n) is 7.15. The summed E-state index contributed by atoms with van der Waals surface area (Å²) in [5.74, 6) is -0.171. The highest BCUT2D eigenvalue weighted by molar-refractivity contribution is 7.89. The molecule has 9 heteroatoms. The van der Waals surface area contributed by atoms with E-state index < -0.39 is 16.1 Å². The smallest absolute Gasteiger partial charge is 0.411 e. The largest absolute Gasteiger partial charge is 0.465 e. The summed E-state index contributed by atoms with van der Waals surface area (Å²) in [6.45, 7) is 3.39. The van der Waals surface area contributed by atoms with Gasteiger partial charge in [-0.15, -0.1) is 0 Å². The van der Waals surface area contributed by atoms with Gasteiger partial charge in [-0.2, -0.15) is 0 Å². The molecule has 1 heterocycles. The molecule has 154 valence electrons. The van der Waals surface area contributed by atoms with E-state index in [-0.39, 0.29) is 23.4 Å². The van der Waals surface area contributed by atoms with Crippen molar-refractivity contribution in [1.29, 1.82) is 0 Å². The van der Waals surface area contributed by atoms with Crippen LogP contribution in [0.4, 0.5) is 16.2 Å². The molecule has 29 heavy (non-hydrogen) atoms. The van der Waals surface area contributed by atoms with Gasteiger partial charge in [0.2, 0.25) is 15.9 Å². The molecule has 0 radical (unpaired) electrons. The molecule has 0 bridgehead atoms. The summed E-state index contributed by atoms with van der Waals surface area (Å²) >= 11 is 0. The zero-order valence-corrected chi connectivity index (χ0v) is 17.5. The lowest BCUT2D eigenvalue weighted by molar-refractivity contribution is -0.117. The molecule has 2 amide bonds. The van der Waals surface area contributed by atoms with Crippen LogP contribution in [0, 0.1) is 0 Å². The van der Waals surface area contributed by atoms with E-state index in [4.69, 9.17) is 0 Å². The maximum atomic E-state index is 12.4. The first-order chi connectivity index (χ1) is 13.5. The van der Waals surface area contributed by atoms with Gasteiger partial charge in [0.05, 0.1) is 22.3 Å². The molecule has 0 saturated heterocycles. The molecule has 0 spiro atoms. The fraction of sp³-hybridized carbons (Fsp3) is 0.300. The van der Waals surface area contributed by atoms with Gasteiger partial charge in [-0.3, -0.25) is 9.69 Å². The number of benzene rings is 2. The third kappa shape index (κ3) is 3.70. The van der Waals surface area contributed by atoms with E-state index in [1.807, 2.05) is 0 Å². The molecule has 0 unspecified atom stereocenters. The van der Waals surface area contributed by atoms with Gasteiger partial charge in [-0.25, -0.2) is 17.5 Å². The lowest BCUT2D eigenvalue weighted by Crippen LogP contribution is -2.51. The SMILES string of the molecule is CC(=O)N1c2ccc(-c3cccc(S(=O)(=O)N(C)C)c3)cc2N(C(=O)O)C[C@@H]1C. The first kappa shape index (κ1) is 20.8. The van der Waals surface area contributed by atoms with E-state index in [1.165, 1.54) is 32.0 Å². The second-order valence-corrected chi connectivity index (χ2v) is 9.30. The summed E-state index contributed by atoms with van der Waals surface area (Å²) in [5.41, 5.74) is 2.20. The first-order valence-corrected chi connectivity index (χ1v) is 10.5. The quantitative estimate of drug-likeness (QED) is 0.828. The van der Waals surface area contributed by atoms with Crippen molar-refractivity contribution >= 4 is 33.4 Å². The Bertz CT molecular complexity index is 1080. The van der Waals surface area contributed by atoms with E-state index in [9.17, 15) is 23.1 Å². The summed E-state index contributed by atoms with van der Waals surface area (Å²) in [4.78, 5) is 26.8. The van der Waals surface area contributed by atoms with Gasteiger partial charge < -0.3 is 10.0 Å². The van der Waals surface area contributed by atoms with E-state index in [1.54, 1.807) is 48.2 Å². The maximum absolute atomic E-state index is 12.4. The van der Waals surface area contributed by atoms with Crippen LogP contribution in [0.1, 0.15) is 13.8 Å². The predicted octanol–water partition coefficient (Wildman–Crippen LogP) is 2.84. The van der Waals surface area contributed by atoms with Crippen LogP contribution in [0.3, 0.4) is 0 Å². The number of rotatable bonds is 3. The molecule has 1 N–H and O–H groups in total. The Kier molecular flexibility index (Phi) is 5.38. The Morgan fingerprint density at radius 2 is 1.72 bits per heavy atom. The molecule has 2 aromatic carbocycles. The number of nitrogens with zero attached hydrogens (tertiary/aromatic N) is 3. The average Bonchev–Trinajstić information content (AvgIpc) is 2.66. The highest BCUT2D eigenvalue weighted by Gasteiger charge is 2.33. The molecule has 1 atom stereocenters. The fourth-order valence-electron chi connectivity index (χ4n) is 3.51. The van der Waals surface area contributed by atoms with Crippen LogP contribution in [0.15, 0.2) is 47.4 Å². The Morgan fingerprint density at radius 1 is 1.07 bits per heavy atom. The lowest BCUT2D eigenvalue weighted by Gasteiger charge is -2.39. The molecule has 0 fully saturated rings. The van der Waals surface area contributed by atoms with Crippen molar-refractivity contribution < 1.29 is 23.1 Å². The minimum absolute atomic E-state index is 0.145. The van der Waals surface area contributed by atoms with E-state index in [0.717, 1.165) is 4.31 Å². The number of amides is 2. The Morgan fingerprint density at radius 3 is 2.31 bits per heavy atom. The van der Waals surface area contributed by atoms with Gasteiger partial charge in [-0.1, -0.05) is 18.2 Å². The summed E-state index contributed by atoms with van der Waals surface area (Å²) in [7, 11) is -0.677. The third-order valence-corrected chi connectivity index (χ3v) is 6.74. The number of hydrogen-bond donors (Lipinski definition) is 1. The summed E-state index contributed by atoms with van der Waals surface area (Å²) in [6.07, 6.45) is -1.11. The molecule has 0 aromatic heterocycles. The van der Waals surface area contributed by atoms with Crippen molar-refractivity contribution in [3.05, 3.63) is 42.5 Å². The fourth-order valence-corrected chi connectivity index (χ4v) is 4.46. The van der Waals surface area contributed by atoms with Gasteiger partial charge in [0, 0.05) is 27.6 Å². The van der Waals surface area contributed by atoms with Crippen molar-refractivity contribution in [2.24, 2.45) is 0 Å². The third-order valence-electron chi connectivity index (χ3n) is 4.93. The van der Waals surface area contributed by atoms with Crippen LogP contribution in [0.5, 0.6) is 0 Å². The molecule has 1 aliphatic heterocycles. The van der Waals surface area contributed by atoms with Crippen LogP contribution >= 0.6 is 0 Å². The van der Waals surface area contributed by atoms with Crippen molar-refractivity contribution in [3.63, 3.8) is 0 Å². The molecule has 0 saturated carbocycles. The summed E-state index contributed by atoms with van der Waals surface area (Å²) in [6, 6.07) is 11.3. The maximum Gasteiger partial charge on any atom is 0.411 e. The number of anilines is 2. The second kappa shape index (κ2) is 7.49. The molecular formula is C20H23N3O5S. The normalized spacial score (nSPS) is 16.7. The van der Waals surface area contributed by atoms with E-state index in [0.29, 0.717) is 22.5 Å².